The van der Waals surface area contributed by atoms with Gasteiger partial charge in [-0.2, -0.15) is 0 Å². The molecule has 2 heterocycles. The van der Waals surface area contributed by atoms with Crippen molar-refractivity contribution < 1.29 is 19.1 Å². The molecule has 0 aromatic heterocycles. The van der Waals surface area contributed by atoms with Gasteiger partial charge in [-0.15, -0.1) is 0 Å². The molecule has 2 aromatic rings. The zero-order chi connectivity index (χ0) is 21.6. The van der Waals surface area contributed by atoms with E-state index in [0.717, 1.165) is 45.3 Å². The number of benzene rings is 2. The Morgan fingerprint density at radius 1 is 0.903 bits per heavy atom. The molecule has 0 bridgehead atoms. The minimum atomic E-state index is -0.0123. The Labute approximate surface area is 183 Å². The van der Waals surface area contributed by atoms with Crippen molar-refractivity contribution in [1.29, 1.82) is 0 Å². The lowest BCUT2D eigenvalue weighted by molar-refractivity contribution is 0.0686. The van der Waals surface area contributed by atoms with E-state index in [4.69, 9.17) is 9.47 Å². The number of amides is 2. The molecule has 2 aliphatic rings. The van der Waals surface area contributed by atoms with E-state index < -0.39 is 0 Å². The Bertz CT molecular complexity index is 906. The van der Waals surface area contributed by atoms with Crippen molar-refractivity contribution in [3.05, 3.63) is 59.7 Å². The molecule has 0 unspecified atom stereocenters. The summed E-state index contributed by atoms with van der Waals surface area (Å²) in [5.41, 5.74) is 1.29. The molecule has 6 heteroatoms. The molecule has 0 saturated carbocycles. The minimum Gasteiger partial charge on any atom is -0.493 e. The van der Waals surface area contributed by atoms with Crippen molar-refractivity contribution in [3.8, 4) is 11.5 Å². The fourth-order valence-electron chi connectivity index (χ4n) is 4.34. The number of hydrogen-bond acceptors (Lipinski definition) is 4. The van der Waals surface area contributed by atoms with Gasteiger partial charge in [0.1, 0.15) is 18.1 Å². The van der Waals surface area contributed by atoms with E-state index in [0.29, 0.717) is 35.8 Å². The predicted molar refractivity (Wildman–Crippen MR) is 119 cm³/mol. The van der Waals surface area contributed by atoms with Crippen molar-refractivity contribution in [3.63, 3.8) is 0 Å². The van der Waals surface area contributed by atoms with Crippen molar-refractivity contribution in [2.24, 2.45) is 0 Å². The van der Waals surface area contributed by atoms with Crippen LogP contribution in [-0.4, -0.2) is 60.5 Å². The molecule has 0 radical (unpaired) electrons. The van der Waals surface area contributed by atoms with Gasteiger partial charge in [-0.1, -0.05) is 12.1 Å². The van der Waals surface area contributed by atoms with E-state index in [1.165, 1.54) is 0 Å². The third-order valence-electron chi connectivity index (χ3n) is 5.99. The third kappa shape index (κ3) is 4.84. The summed E-state index contributed by atoms with van der Waals surface area (Å²) >= 11 is 0. The molecule has 0 aliphatic carbocycles. The van der Waals surface area contributed by atoms with Crippen LogP contribution in [0.1, 0.15) is 53.3 Å². The molecule has 2 fully saturated rings. The van der Waals surface area contributed by atoms with Gasteiger partial charge in [-0.3, -0.25) is 9.59 Å². The average molecular weight is 423 g/mol. The summed E-state index contributed by atoms with van der Waals surface area (Å²) in [5, 5.41) is 0. The van der Waals surface area contributed by atoms with Gasteiger partial charge in [0.2, 0.25) is 0 Å². The van der Waals surface area contributed by atoms with Crippen LogP contribution < -0.4 is 9.47 Å². The monoisotopic (exact) mass is 422 g/mol. The highest BCUT2D eigenvalue weighted by Gasteiger charge is 2.31. The molecule has 6 nitrogen and oxygen atoms in total. The molecule has 164 valence electrons. The molecule has 2 saturated heterocycles. The number of hydrogen-bond donors (Lipinski definition) is 0. The fourth-order valence-corrected chi connectivity index (χ4v) is 4.34. The van der Waals surface area contributed by atoms with Crippen LogP contribution in [-0.2, 0) is 0 Å². The topological polar surface area (TPSA) is 59.1 Å². The van der Waals surface area contributed by atoms with Gasteiger partial charge in [0.25, 0.3) is 11.8 Å². The molecule has 1 atom stereocenters. The van der Waals surface area contributed by atoms with Crippen molar-refractivity contribution >= 4 is 11.8 Å². The van der Waals surface area contributed by atoms with E-state index in [-0.39, 0.29) is 17.9 Å². The van der Waals surface area contributed by atoms with Crippen molar-refractivity contribution in [1.82, 2.24) is 9.80 Å². The normalized spacial score (nSPS) is 18.3. The number of carbonyl (C=O) groups excluding carboxylic acids is 2. The van der Waals surface area contributed by atoms with E-state index in [1.807, 2.05) is 65.3 Å². The van der Waals surface area contributed by atoms with Crippen LogP contribution >= 0.6 is 0 Å². The second-order valence-electron chi connectivity index (χ2n) is 8.06. The first-order valence-electron chi connectivity index (χ1n) is 11.2. The highest BCUT2D eigenvalue weighted by molar-refractivity contribution is 5.97. The lowest BCUT2D eigenvalue weighted by Gasteiger charge is -2.25. The van der Waals surface area contributed by atoms with Crippen LogP contribution in [0.25, 0.3) is 0 Å². The second kappa shape index (κ2) is 9.86. The van der Waals surface area contributed by atoms with Crippen LogP contribution in [0.2, 0.25) is 0 Å². The molecule has 0 N–H and O–H groups in total. The van der Waals surface area contributed by atoms with Crippen LogP contribution in [0.3, 0.4) is 0 Å². The maximum absolute atomic E-state index is 13.2. The van der Waals surface area contributed by atoms with Gasteiger partial charge in [0, 0.05) is 25.2 Å². The van der Waals surface area contributed by atoms with E-state index in [1.54, 1.807) is 0 Å². The summed E-state index contributed by atoms with van der Waals surface area (Å²) in [5.74, 6) is 1.41. The quantitative estimate of drug-likeness (QED) is 0.677. The third-order valence-corrected chi connectivity index (χ3v) is 5.99. The molecule has 2 aliphatic heterocycles. The molecular formula is C25H30N2O4. The smallest absolute Gasteiger partial charge is 0.257 e. The first-order chi connectivity index (χ1) is 15.2. The SMILES string of the molecule is CCOc1ccccc1C(=O)N1CCC[C@H]1COc1ccc(C(=O)N2CCCC2)cc1. The highest BCUT2D eigenvalue weighted by Crippen LogP contribution is 2.26. The van der Waals surface area contributed by atoms with Crippen LogP contribution in [0.4, 0.5) is 0 Å². The van der Waals surface area contributed by atoms with E-state index in [9.17, 15) is 9.59 Å². The summed E-state index contributed by atoms with van der Waals surface area (Å²) in [7, 11) is 0. The molecule has 2 amide bonds. The van der Waals surface area contributed by atoms with Crippen LogP contribution in [0, 0.1) is 0 Å². The first-order valence-corrected chi connectivity index (χ1v) is 11.2. The van der Waals surface area contributed by atoms with Gasteiger partial charge >= 0.3 is 0 Å². The molecule has 2 aromatic carbocycles. The zero-order valence-corrected chi connectivity index (χ0v) is 18.1. The summed E-state index contributed by atoms with van der Waals surface area (Å²) in [6.45, 7) is 5.27. The largest absolute Gasteiger partial charge is 0.493 e. The lowest BCUT2D eigenvalue weighted by Crippen LogP contribution is -2.39. The summed E-state index contributed by atoms with van der Waals surface area (Å²) < 4.78 is 11.6. The van der Waals surface area contributed by atoms with Gasteiger partial charge in [0.05, 0.1) is 18.2 Å². The lowest BCUT2D eigenvalue weighted by atomic mass is 10.1. The number of ether oxygens (including phenoxy) is 2. The predicted octanol–water partition coefficient (Wildman–Crippen LogP) is 4.00. The number of rotatable bonds is 7. The van der Waals surface area contributed by atoms with Gasteiger partial charge in [0.15, 0.2) is 0 Å². The van der Waals surface area contributed by atoms with Crippen LogP contribution in [0.5, 0.6) is 11.5 Å². The van der Waals surface area contributed by atoms with Gasteiger partial charge in [-0.25, -0.2) is 0 Å². The molecule has 0 spiro atoms. The zero-order valence-electron chi connectivity index (χ0n) is 18.1. The highest BCUT2D eigenvalue weighted by atomic mass is 16.5. The van der Waals surface area contributed by atoms with Gasteiger partial charge in [-0.05, 0) is 69.0 Å². The fraction of sp³-hybridized carbons (Fsp3) is 0.440. The Hall–Kier alpha value is -3.02. The maximum atomic E-state index is 13.2. The second-order valence-corrected chi connectivity index (χ2v) is 8.06. The standard InChI is InChI=1S/C25H30N2O4/c1-2-30-23-10-4-3-9-22(23)25(29)27-17-7-8-20(27)18-31-21-13-11-19(12-14-21)24(28)26-15-5-6-16-26/h3-4,9-14,20H,2,5-8,15-18H2,1H3/t20-/m0/s1. The Kier molecular flexibility index (Phi) is 6.75. The van der Waals surface area contributed by atoms with Crippen molar-refractivity contribution in [2.45, 2.75) is 38.6 Å². The molecule has 4 rings (SSSR count). The Balaban J connectivity index is 1.37. The number of nitrogens with zero attached hydrogens (tertiary/aromatic N) is 2. The Morgan fingerprint density at radius 2 is 1.65 bits per heavy atom. The maximum Gasteiger partial charge on any atom is 0.257 e. The van der Waals surface area contributed by atoms with Gasteiger partial charge < -0.3 is 19.3 Å². The number of likely N-dealkylation sites (tertiary alicyclic amines) is 2. The van der Waals surface area contributed by atoms with Crippen LogP contribution in [0.15, 0.2) is 48.5 Å². The minimum absolute atomic E-state index is 0.0123. The summed E-state index contributed by atoms with van der Waals surface area (Å²) in [6, 6.07) is 14.8. The first kappa shape index (κ1) is 21.2. The molecule has 31 heavy (non-hydrogen) atoms. The molecular weight excluding hydrogens is 392 g/mol. The number of carbonyl (C=O) groups is 2. The van der Waals surface area contributed by atoms with E-state index in [2.05, 4.69) is 0 Å². The van der Waals surface area contributed by atoms with Crippen molar-refractivity contribution in [2.75, 3.05) is 32.8 Å². The summed E-state index contributed by atoms with van der Waals surface area (Å²) in [4.78, 5) is 29.4. The Morgan fingerprint density at radius 3 is 2.39 bits per heavy atom. The number of para-hydroxylation sites is 1. The van der Waals surface area contributed by atoms with E-state index >= 15 is 0 Å². The average Bonchev–Trinajstić information content (AvgIpc) is 3.50. The summed E-state index contributed by atoms with van der Waals surface area (Å²) in [6.07, 6.45) is 4.03.